The van der Waals surface area contributed by atoms with E-state index in [1.165, 1.54) is 6.07 Å². The van der Waals surface area contributed by atoms with E-state index in [0.717, 1.165) is 30.0 Å². The first-order chi connectivity index (χ1) is 13.8. The molecule has 2 aliphatic rings. The van der Waals surface area contributed by atoms with Gasteiger partial charge in [0.05, 0.1) is 19.3 Å². The third-order valence-corrected chi connectivity index (χ3v) is 5.68. The lowest BCUT2D eigenvalue weighted by Gasteiger charge is -2.42. The molecule has 0 bridgehead atoms. The van der Waals surface area contributed by atoms with Crippen molar-refractivity contribution in [2.75, 3.05) is 36.5 Å². The Hall–Kier alpha value is -2.80. The summed E-state index contributed by atoms with van der Waals surface area (Å²) >= 11 is 0. The Morgan fingerprint density at radius 2 is 2.00 bits per heavy atom. The highest BCUT2D eigenvalue weighted by Crippen LogP contribution is 2.46. The van der Waals surface area contributed by atoms with Gasteiger partial charge in [-0.1, -0.05) is 13.8 Å². The lowest BCUT2D eigenvalue weighted by atomic mass is 9.72. The number of morpholine rings is 1. The zero-order valence-corrected chi connectivity index (χ0v) is 16.6. The van der Waals surface area contributed by atoms with Crippen molar-refractivity contribution in [3.05, 3.63) is 53.3 Å². The summed E-state index contributed by atoms with van der Waals surface area (Å²) in [7, 11) is 0. The molecule has 0 amide bonds. The molecule has 0 spiro atoms. The van der Waals surface area contributed by atoms with Gasteiger partial charge in [0.25, 0.3) is 0 Å². The number of ether oxygens (including phenoxy) is 2. The van der Waals surface area contributed by atoms with Gasteiger partial charge in [-0.3, -0.25) is 0 Å². The summed E-state index contributed by atoms with van der Waals surface area (Å²) in [6.07, 6.45) is -0.675. The highest BCUT2D eigenvalue weighted by molar-refractivity contribution is 5.64. The summed E-state index contributed by atoms with van der Waals surface area (Å²) in [5.41, 5.74) is 3.16. The van der Waals surface area contributed by atoms with Crippen LogP contribution in [0.15, 0.2) is 36.4 Å². The van der Waals surface area contributed by atoms with Crippen molar-refractivity contribution in [1.82, 2.24) is 0 Å². The van der Waals surface area contributed by atoms with Crippen molar-refractivity contribution >= 4 is 17.5 Å². The third kappa shape index (κ3) is 4.00. The van der Waals surface area contributed by atoms with Crippen molar-refractivity contribution < 1.29 is 23.8 Å². The van der Waals surface area contributed by atoms with Gasteiger partial charge in [0.2, 0.25) is 0 Å². The van der Waals surface area contributed by atoms with E-state index < -0.39 is 6.16 Å². The van der Waals surface area contributed by atoms with Crippen molar-refractivity contribution in [2.45, 2.75) is 26.3 Å². The fourth-order valence-electron chi connectivity index (χ4n) is 4.23. The quantitative estimate of drug-likeness (QED) is 0.586. The number of rotatable bonds is 3. The molecule has 0 aromatic heterocycles. The first kappa shape index (κ1) is 19.5. The van der Waals surface area contributed by atoms with Crippen LogP contribution in [0.5, 0.6) is 5.75 Å². The minimum atomic E-state index is -1.34. The minimum Gasteiger partial charge on any atom is -0.449 e. The molecule has 0 radical (unpaired) electrons. The molecule has 0 aliphatic carbocycles. The maximum absolute atomic E-state index is 14.9. The second-order valence-electron chi connectivity index (χ2n) is 8.23. The van der Waals surface area contributed by atoms with Crippen LogP contribution in [-0.4, -0.2) is 37.6 Å². The van der Waals surface area contributed by atoms with E-state index in [1.807, 2.05) is 12.1 Å². The molecule has 2 aliphatic heterocycles. The fourth-order valence-corrected chi connectivity index (χ4v) is 4.23. The summed E-state index contributed by atoms with van der Waals surface area (Å²) in [4.78, 5) is 13.0. The van der Waals surface area contributed by atoms with Crippen LogP contribution in [0.3, 0.4) is 0 Å². The first-order valence-electron chi connectivity index (χ1n) is 9.76. The zero-order valence-electron chi connectivity index (χ0n) is 16.6. The summed E-state index contributed by atoms with van der Waals surface area (Å²) in [6, 6.07) is 10.2. The van der Waals surface area contributed by atoms with Crippen LogP contribution < -0.4 is 15.0 Å². The van der Waals surface area contributed by atoms with Crippen LogP contribution in [0.1, 0.15) is 31.0 Å². The molecule has 0 saturated carbocycles. The second kappa shape index (κ2) is 7.55. The van der Waals surface area contributed by atoms with Crippen LogP contribution in [0.4, 0.5) is 20.6 Å². The molecule has 1 atom stereocenters. The first-order valence-corrected chi connectivity index (χ1v) is 9.76. The van der Waals surface area contributed by atoms with Crippen LogP contribution in [0, 0.1) is 11.2 Å². The SMILES string of the molecule is CC1(C)Cc2cc(OC(=O)O)ccc2NC1c1cc(N2CCOCC2)ccc1F. The third-order valence-electron chi connectivity index (χ3n) is 5.68. The Morgan fingerprint density at radius 3 is 2.72 bits per heavy atom. The molecule has 1 saturated heterocycles. The molecule has 4 rings (SSSR count). The number of carbonyl (C=O) groups is 1. The molecule has 1 fully saturated rings. The van der Waals surface area contributed by atoms with Gasteiger partial charge < -0.3 is 24.8 Å². The van der Waals surface area contributed by atoms with Gasteiger partial charge >= 0.3 is 6.16 Å². The smallest absolute Gasteiger partial charge is 0.449 e. The summed E-state index contributed by atoms with van der Waals surface area (Å²) < 4.78 is 25.1. The van der Waals surface area contributed by atoms with Crippen molar-refractivity contribution in [3.63, 3.8) is 0 Å². The second-order valence-corrected chi connectivity index (χ2v) is 8.23. The molecular weight excluding hydrogens is 375 g/mol. The Bertz CT molecular complexity index is 925. The van der Waals surface area contributed by atoms with E-state index in [-0.39, 0.29) is 23.0 Å². The average molecular weight is 400 g/mol. The molecule has 29 heavy (non-hydrogen) atoms. The molecule has 2 N–H and O–H groups in total. The van der Waals surface area contributed by atoms with Gasteiger partial charge in [0.1, 0.15) is 11.6 Å². The highest BCUT2D eigenvalue weighted by atomic mass is 19.1. The van der Waals surface area contributed by atoms with Gasteiger partial charge in [0.15, 0.2) is 0 Å². The largest absolute Gasteiger partial charge is 0.511 e. The average Bonchev–Trinajstić information content (AvgIpc) is 2.67. The summed E-state index contributed by atoms with van der Waals surface area (Å²) in [6.45, 7) is 7.10. The Kier molecular flexibility index (Phi) is 5.08. The Labute approximate surface area is 169 Å². The van der Waals surface area contributed by atoms with Crippen molar-refractivity contribution in [1.29, 1.82) is 0 Å². The molecule has 6 nitrogen and oxygen atoms in total. The Morgan fingerprint density at radius 1 is 1.24 bits per heavy atom. The van der Waals surface area contributed by atoms with Gasteiger partial charge in [-0.05, 0) is 53.8 Å². The number of halogens is 1. The molecule has 2 aromatic rings. The number of nitrogens with one attached hydrogen (secondary N) is 1. The zero-order chi connectivity index (χ0) is 20.6. The van der Waals surface area contributed by atoms with Gasteiger partial charge in [-0.25, -0.2) is 9.18 Å². The monoisotopic (exact) mass is 400 g/mol. The fraction of sp³-hybridized carbons (Fsp3) is 0.409. The maximum Gasteiger partial charge on any atom is 0.511 e. The predicted molar refractivity (Wildman–Crippen MR) is 108 cm³/mol. The van der Waals surface area contributed by atoms with E-state index in [2.05, 4.69) is 24.1 Å². The number of hydrogen-bond acceptors (Lipinski definition) is 5. The van der Waals surface area contributed by atoms with Crippen molar-refractivity contribution in [2.24, 2.45) is 5.41 Å². The van der Waals surface area contributed by atoms with Crippen LogP contribution in [-0.2, 0) is 11.2 Å². The van der Waals surface area contributed by atoms with E-state index >= 15 is 0 Å². The van der Waals surface area contributed by atoms with Gasteiger partial charge in [-0.15, -0.1) is 0 Å². The van der Waals surface area contributed by atoms with Crippen LogP contribution in [0.25, 0.3) is 0 Å². The molecule has 2 aromatic carbocycles. The minimum absolute atomic E-state index is 0.220. The van der Waals surface area contributed by atoms with Gasteiger partial charge in [-0.2, -0.15) is 0 Å². The lowest BCUT2D eigenvalue weighted by molar-refractivity contribution is 0.122. The molecule has 1 unspecified atom stereocenters. The number of benzene rings is 2. The standard InChI is InChI=1S/C22H25FN2O4/c1-22(2)13-14-11-16(29-21(26)27)4-6-19(14)24-20(22)17-12-15(3-5-18(17)23)25-7-9-28-10-8-25/h3-6,11-12,20,24H,7-10,13H2,1-2H3,(H,26,27). The van der Waals surface area contributed by atoms with E-state index in [1.54, 1.807) is 18.2 Å². The molecular formula is C22H25FN2O4. The molecule has 7 heteroatoms. The van der Waals surface area contributed by atoms with Crippen molar-refractivity contribution in [3.8, 4) is 5.75 Å². The normalized spacial score (nSPS) is 20.5. The van der Waals surface area contributed by atoms with E-state index in [4.69, 9.17) is 14.6 Å². The van der Waals surface area contributed by atoms with E-state index in [0.29, 0.717) is 25.2 Å². The summed E-state index contributed by atoms with van der Waals surface area (Å²) in [5.74, 6) is 0.0506. The molecule has 2 heterocycles. The number of carboxylic acid groups (broad SMARTS) is 1. The van der Waals surface area contributed by atoms with E-state index in [9.17, 15) is 9.18 Å². The van der Waals surface area contributed by atoms with Crippen LogP contribution >= 0.6 is 0 Å². The molecule has 154 valence electrons. The van der Waals surface area contributed by atoms with Gasteiger partial charge in [0, 0.05) is 30.0 Å². The lowest BCUT2D eigenvalue weighted by Crippen LogP contribution is -2.37. The number of fused-ring (bicyclic) bond motifs is 1. The topological polar surface area (TPSA) is 71.0 Å². The highest BCUT2D eigenvalue weighted by Gasteiger charge is 2.37. The maximum atomic E-state index is 14.9. The number of anilines is 2. The summed E-state index contributed by atoms with van der Waals surface area (Å²) in [5, 5.41) is 12.3. The van der Waals surface area contributed by atoms with Crippen LogP contribution in [0.2, 0.25) is 0 Å². The Balaban J connectivity index is 1.66. The predicted octanol–water partition coefficient (Wildman–Crippen LogP) is 4.45. The number of nitrogens with zero attached hydrogens (tertiary/aromatic N) is 1. The number of hydrogen-bond donors (Lipinski definition) is 2.